The zero-order valence-corrected chi connectivity index (χ0v) is 19.6. The number of nitrogens with one attached hydrogen (secondary N) is 1. The Morgan fingerprint density at radius 2 is 1.66 bits per heavy atom. The number of hydrogen-bond acceptors (Lipinski definition) is 4. The second-order valence-corrected chi connectivity index (χ2v) is 10.4. The second-order valence-electron chi connectivity index (χ2n) is 10.4. The standard InChI is InChI=1S/C28H30N2O5/c31-25(30-14-6-7-17-15-28(17,30)26(32)33)22-12-5-13-24(22)29-27(34)35-16-23-20-10-3-1-8-18(20)19-9-2-4-11-21(19)23/h1-4,8-11,17,22-24H,5-7,12-16H2,(H,29,34)(H,32,33). The Balaban J connectivity index is 1.12. The molecule has 1 heterocycles. The smallest absolute Gasteiger partial charge is 0.407 e. The summed E-state index contributed by atoms with van der Waals surface area (Å²) in [4.78, 5) is 39.9. The van der Waals surface area contributed by atoms with Crippen molar-refractivity contribution in [3.05, 3.63) is 59.7 Å². The third kappa shape index (κ3) is 3.51. The number of carboxylic acid groups (broad SMARTS) is 1. The Hall–Kier alpha value is -3.35. The van der Waals surface area contributed by atoms with E-state index in [9.17, 15) is 19.5 Å². The Bertz CT molecular complexity index is 1150. The van der Waals surface area contributed by atoms with E-state index in [1.165, 1.54) is 11.1 Å². The molecule has 1 aliphatic heterocycles. The van der Waals surface area contributed by atoms with Crippen molar-refractivity contribution < 1.29 is 24.2 Å². The predicted molar refractivity (Wildman–Crippen MR) is 129 cm³/mol. The van der Waals surface area contributed by atoms with Crippen molar-refractivity contribution in [2.24, 2.45) is 11.8 Å². The number of likely N-dealkylation sites (tertiary alicyclic amines) is 1. The average Bonchev–Trinajstić information content (AvgIpc) is 3.34. The van der Waals surface area contributed by atoms with Gasteiger partial charge in [0.1, 0.15) is 12.1 Å². The number of amides is 2. The molecule has 3 fully saturated rings. The van der Waals surface area contributed by atoms with E-state index in [-0.39, 0.29) is 30.4 Å². The summed E-state index contributed by atoms with van der Waals surface area (Å²) in [5.41, 5.74) is 3.63. The van der Waals surface area contributed by atoms with Crippen LogP contribution in [-0.4, -0.2) is 52.7 Å². The van der Waals surface area contributed by atoms with Crippen LogP contribution in [0.15, 0.2) is 48.5 Å². The summed E-state index contributed by atoms with van der Waals surface area (Å²) in [7, 11) is 0. The number of fused-ring (bicyclic) bond motifs is 4. The molecule has 35 heavy (non-hydrogen) atoms. The molecule has 182 valence electrons. The minimum absolute atomic E-state index is 0.0234. The third-order valence-corrected chi connectivity index (χ3v) is 8.61. The maximum atomic E-state index is 13.5. The zero-order valence-electron chi connectivity index (χ0n) is 19.6. The summed E-state index contributed by atoms with van der Waals surface area (Å²) in [5.74, 6) is -1.38. The minimum Gasteiger partial charge on any atom is -0.479 e. The van der Waals surface area contributed by atoms with Crippen molar-refractivity contribution in [1.29, 1.82) is 0 Å². The highest BCUT2D eigenvalue weighted by Crippen LogP contribution is 2.55. The lowest BCUT2D eigenvalue weighted by Crippen LogP contribution is -2.55. The number of rotatable bonds is 5. The first kappa shape index (κ1) is 22.1. The van der Waals surface area contributed by atoms with Crippen molar-refractivity contribution in [2.75, 3.05) is 13.2 Å². The van der Waals surface area contributed by atoms with Crippen molar-refractivity contribution >= 4 is 18.0 Å². The molecule has 4 unspecified atom stereocenters. The van der Waals surface area contributed by atoms with Crippen LogP contribution in [0.5, 0.6) is 0 Å². The summed E-state index contributed by atoms with van der Waals surface area (Å²) < 4.78 is 5.69. The number of piperidine rings is 1. The molecule has 2 N–H and O–H groups in total. The van der Waals surface area contributed by atoms with Gasteiger partial charge in [-0.25, -0.2) is 9.59 Å². The Morgan fingerprint density at radius 1 is 0.971 bits per heavy atom. The normalized spacial score (nSPS) is 28.6. The van der Waals surface area contributed by atoms with Crippen LogP contribution in [0.3, 0.4) is 0 Å². The SMILES string of the molecule is O=C(NC1CCCC1C(=O)N1CCCC2CC21C(=O)O)OCC1c2ccccc2-c2ccccc21. The first-order chi connectivity index (χ1) is 17.0. The molecule has 0 aromatic heterocycles. The Kier molecular flexibility index (Phi) is 5.31. The molecular weight excluding hydrogens is 444 g/mol. The number of hydrogen-bond donors (Lipinski definition) is 2. The summed E-state index contributed by atoms with van der Waals surface area (Å²) in [6.07, 6.45) is 3.90. The number of alkyl carbamates (subject to hydrolysis) is 1. The molecule has 2 aromatic rings. The monoisotopic (exact) mass is 474 g/mol. The van der Waals surface area contributed by atoms with Crippen LogP contribution in [0, 0.1) is 11.8 Å². The molecule has 0 spiro atoms. The summed E-state index contributed by atoms with van der Waals surface area (Å²) in [6, 6.07) is 16.1. The van der Waals surface area contributed by atoms with Crippen LogP contribution in [-0.2, 0) is 14.3 Å². The maximum Gasteiger partial charge on any atom is 0.407 e. The van der Waals surface area contributed by atoms with Gasteiger partial charge in [-0.15, -0.1) is 0 Å². The molecule has 2 aromatic carbocycles. The number of ether oxygens (including phenoxy) is 1. The lowest BCUT2D eigenvalue weighted by Gasteiger charge is -2.36. The molecule has 0 radical (unpaired) electrons. The number of carbonyl (C=O) groups excluding carboxylic acids is 2. The van der Waals surface area contributed by atoms with Crippen molar-refractivity contribution in [3.63, 3.8) is 0 Å². The van der Waals surface area contributed by atoms with Gasteiger partial charge < -0.3 is 20.1 Å². The lowest BCUT2D eigenvalue weighted by molar-refractivity contribution is -0.156. The topological polar surface area (TPSA) is 95.9 Å². The van der Waals surface area contributed by atoms with Gasteiger partial charge in [-0.05, 0) is 60.3 Å². The van der Waals surface area contributed by atoms with E-state index in [0.717, 1.165) is 30.4 Å². The van der Waals surface area contributed by atoms with Crippen LogP contribution in [0.4, 0.5) is 4.79 Å². The molecule has 4 atom stereocenters. The summed E-state index contributed by atoms with van der Waals surface area (Å²) in [5, 5.41) is 12.8. The fourth-order valence-corrected chi connectivity index (χ4v) is 6.79. The van der Waals surface area contributed by atoms with E-state index in [1.54, 1.807) is 4.90 Å². The van der Waals surface area contributed by atoms with Crippen LogP contribution in [0.2, 0.25) is 0 Å². The van der Waals surface area contributed by atoms with E-state index in [0.29, 0.717) is 25.8 Å². The van der Waals surface area contributed by atoms with Crippen LogP contribution >= 0.6 is 0 Å². The summed E-state index contributed by atoms with van der Waals surface area (Å²) >= 11 is 0. The first-order valence-corrected chi connectivity index (χ1v) is 12.7. The number of benzene rings is 2. The van der Waals surface area contributed by atoms with E-state index in [1.807, 2.05) is 24.3 Å². The predicted octanol–water partition coefficient (Wildman–Crippen LogP) is 4.16. The molecule has 7 heteroatoms. The van der Waals surface area contributed by atoms with Gasteiger partial charge in [-0.2, -0.15) is 0 Å². The zero-order chi connectivity index (χ0) is 24.2. The first-order valence-electron chi connectivity index (χ1n) is 12.7. The largest absolute Gasteiger partial charge is 0.479 e. The molecule has 0 bridgehead atoms. The highest BCUT2D eigenvalue weighted by atomic mass is 16.5. The van der Waals surface area contributed by atoms with E-state index in [2.05, 4.69) is 29.6 Å². The van der Waals surface area contributed by atoms with Crippen LogP contribution in [0.25, 0.3) is 11.1 Å². The van der Waals surface area contributed by atoms with Gasteiger partial charge in [-0.1, -0.05) is 55.0 Å². The minimum atomic E-state index is -1.02. The number of carboxylic acids is 1. The molecule has 4 aliphatic rings. The lowest BCUT2D eigenvalue weighted by atomic mass is 9.96. The molecule has 2 saturated carbocycles. The molecule has 1 saturated heterocycles. The third-order valence-electron chi connectivity index (χ3n) is 8.61. The van der Waals surface area contributed by atoms with E-state index in [4.69, 9.17) is 4.74 Å². The van der Waals surface area contributed by atoms with Gasteiger partial charge in [0.25, 0.3) is 0 Å². The van der Waals surface area contributed by atoms with Gasteiger partial charge in [-0.3, -0.25) is 4.79 Å². The van der Waals surface area contributed by atoms with Gasteiger partial charge >= 0.3 is 12.1 Å². The molecule has 2 amide bonds. The van der Waals surface area contributed by atoms with Gasteiger partial charge in [0, 0.05) is 18.5 Å². The molecule has 3 aliphatic carbocycles. The van der Waals surface area contributed by atoms with Crippen molar-refractivity contribution in [2.45, 2.75) is 56.0 Å². The molecule has 7 nitrogen and oxygen atoms in total. The van der Waals surface area contributed by atoms with E-state index >= 15 is 0 Å². The number of carbonyl (C=O) groups is 3. The van der Waals surface area contributed by atoms with Crippen molar-refractivity contribution in [1.82, 2.24) is 10.2 Å². The van der Waals surface area contributed by atoms with Gasteiger partial charge in [0.15, 0.2) is 0 Å². The summed E-state index contributed by atoms with van der Waals surface area (Å²) in [6.45, 7) is 0.705. The second kappa shape index (κ2) is 8.40. The Morgan fingerprint density at radius 3 is 2.34 bits per heavy atom. The van der Waals surface area contributed by atoms with Crippen molar-refractivity contribution in [3.8, 4) is 11.1 Å². The quantitative estimate of drug-likeness (QED) is 0.679. The number of nitrogens with zero attached hydrogens (tertiary/aromatic N) is 1. The van der Waals surface area contributed by atoms with Crippen LogP contribution < -0.4 is 5.32 Å². The van der Waals surface area contributed by atoms with Gasteiger partial charge in [0.05, 0.1) is 5.92 Å². The van der Waals surface area contributed by atoms with Gasteiger partial charge in [0.2, 0.25) is 5.91 Å². The highest BCUT2D eigenvalue weighted by molar-refractivity contribution is 5.92. The average molecular weight is 475 g/mol. The molecular formula is C28H30N2O5. The Labute approximate surface area is 204 Å². The number of aliphatic carboxylic acids is 1. The van der Waals surface area contributed by atoms with Crippen LogP contribution in [0.1, 0.15) is 55.6 Å². The molecule has 6 rings (SSSR count). The highest BCUT2D eigenvalue weighted by Gasteiger charge is 2.67. The van der Waals surface area contributed by atoms with E-state index < -0.39 is 23.5 Å². The fourth-order valence-electron chi connectivity index (χ4n) is 6.79. The maximum absolute atomic E-state index is 13.5. The fraction of sp³-hybridized carbons (Fsp3) is 0.464.